The number of nitrogens with one attached hydrogen (secondary N) is 1. The molecule has 0 atom stereocenters. The van der Waals surface area contributed by atoms with E-state index in [0.717, 1.165) is 24.3 Å². The van der Waals surface area contributed by atoms with Gasteiger partial charge in [0.25, 0.3) is 10.0 Å². The highest BCUT2D eigenvalue weighted by Gasteiger charge is 2.25. The summed E-state index contributed by atoms with van der Waals surface area (Å²) >= 11 is 0. The van der Waals surface area contributed by atoms with Crippen molar-refractivity contribution in [3.8, 4) is 5.75 Å². The van der Waals surface area contributed by atoms with Crippen molar-refractivity contribution in [2.45, 2.75) is 11.8 Å². The lowest BCUT2D eigenvalue weighted by Gasteiger charge is -2.12. The highest BCUT2D eigenvalue weighted by molar-refractivity contribution is 7.92. The zero-order chi connectivity index (χ0) is 17.4. The van der Waals surface area contributed by atoms with E-state index in [2.05, 4.69) is 0 Å². The van der Waals surface area contributed by atoms with Crippen LogP contribution in [0.3, 0.4) is 0 Å². The molecule has 0 aliphatic heterocycles. The van der Waals surface area contributed by atoms with E-state index in [1.807, 2.05) is 4.72 Å². The summed E-state index contributed by atoms with van der Waals surface area (Å²) in [6.07, 6.45) is 0. The maximum Gasteiger partial charge on any atom is 0.339 e. The van der Waals surface area contributed by atoms with E-state index in [1.165, 1.54) is 6.92 Å². The quantitative estimate of drug-likeness (QED) is 0.791. The Kier molecular flexibility index (Phi) is 4.24. The molecule has 2 aromatic rings. The average Bonchev–Trinajstić information content (AvgIpc) is 2.43. The maximum absolute atomic E-state index is 13.6. The van der Waals surface area contributed by atoms with Gasteiger partial charge in [-0.05, 0) is 36.8 Å². The number of anilines is 1. The van der Waals surface area contributed by atoms with Crippen molar-refractivity contribution >= 4 is 21.7 Å². The number of carboxylic acid groups (broad SMARTS) is 1. The summed E-state index contributed by atoms with van der Waals surface area (Å²) in [4.78, 5) is 10.3. The third kappa shape index (κ3) is 3.39. The van der Waals surface area contributed by atoms with Crippen molar-refractivity contribution < 1.29 is 32.2 Å². The largest absolute Gasteiger partial charge is 0.506 e. The fourth-order valence-electron chi connectivity index (χ4n) is 1.89. The number of aryl methyl sites for hydroxylation is 1. The summed E-state index contributed by atoms with van der Waals surface area (Å²) in [5.74, 6) is -4.54. The zero-order valence-electron chi connectivity index (χ0n) is 11.7. The highest BCUT2D eigenvalue weighted by atomic mass is 32.2. The van der Waals surface area contributed by atoms with Crippen LogP contribution in [0, 0.1) is 18.6 Å². The van der Waals surface area contributed by atoms with E-state index in [4.69, 9.17) is 5.11 Å². The van der Waals surface area contributed by atoms with E-state index in [-0.39, 0.29) is 5.56 Å². The van der Waals surface area contributed by atoms with E-state index >= 15 is 0 Å². The van der Waals surface area contributed by atoms with E-state index in [0.29, 0.717) is 6.07 Å². The molecule has 9 heteroatoms. The highest BCUT2D eigenvalue weighted by Crippen LogP contribution is 2.30. The Morgan fingerprint density at radius 3 is 2.39 bits per heavy atom. The van der Waals surface area contributed by atoms with Crippen LogP contribution in [0.4, 0.5) is 14.5 Å². The van der Waals surface area contributed by atoms with Crippen LogP contribution in [0.25, 0.3) is 0 Å². The van der Waals surface area contributed by atoms with Gasteiger partial charge in [-0.3, -0.25) is 4.72 Å². The molecule has 2 rings (SSSR count). The van der Waals surface area contributed by atoms with Gasteiger partial charge in [0.1, 0.15) is 22.1 Å². The Balaban J connectivity index is 2.54. The Hall–Kier alpha value is -2.68. The molecular weight excluding hydrogens is 332 g/mol. The SMILES string of the molecule is Cc1cc(C(=O)O)c(O)c(S(=O)(=O)Nc2ccc(F)cc2F)c1. The summed E-state index contributed by atoms with van der Waals surface area (Å²) in [5, 5.41) is 18.8. The number of carboxylic acids is 1. The summed E-state index contributed by atoms with van der Waals surface area (Å²) in [6.45, 7) is 1.43. The molecule has 6 nitrogen and oxygen atoms in total. The molecule has 2 aromatic carbocycles. The number of sulfonamides is 1. The number of hydrogen-bond donors (Lipinski definition) is 3. The van der Waals surface area contributed by atoms with Gasteiger partial charge in [0.2, 0.25) is 0 Å². The summed E-state index contributed by atoms with van der Waals surface area (Å²) < 4.78 is 52.8. The second-order valence-electron chi connectivity index (χ2n) is 4.69. The average molecular weight is 343 g/mol. The van der Waals surface area contributed by atoms with Crippen molar-refractivity contribution in [3.05, 3.63) is 53.1 Å². The lowest BCUT2D eigenvalue weighted by atomic mass is 10.1. The fourth-order valence-corrected chi connectivity index (χ4v) is 3.16. The van der Waals surface area contributed by atoms with Gasteiger partial charge in [-0.15, -0.1) is 0 Å². The van der Waals surface area contributed by atoms with Gasteiger partial charge in [-0.2, -0.15) is 0 Å². The lowest BCUT2D eigenvalue weighted by molar-refractivity contribution is 0.0693. The zero-order valence-corrected chi connectivity index (χ0v) is 12.5. The monoisotopic (exact) mass is 343 g/mol. The van der Waals surface area contributed by atoms with Gasteiger partial charge < -0.3 is 10.2 Å². The minimum atomic E-state index is -4.48. The third-order valence-electron chi connectivity index (χ3n) is 2.91. The molecule has 0 heterocycles. The summed E-state index contributed by atoms with van der Waals surface area (Å²) in [5.41, 5.74) is -0.880. The first-order chi connectivity index (χ1) is 10.6. The fraction of sp³-hybridized carbons (Fsp3) is 0.0714. The number of carbonyl (C=O) groups is 1. The first kappa shape index (κ1) is 16.7. The van der Waals surface area contributed by atoms with Gasteiger partial charge in [-0.25, -0.2) is 22.0 Å². The molecule has 3 N–H and O–H groups in total. The molecule has 0 spiro atoms. The number of aromatic hydroxyl groups is 1. The van der Waals surface area contributed by atoms with E-state index in [9.17, 15) is 27.1 Å². The third-order valence-corrected chi connectivity index (χ3v) is 4.29. The molecule has 0 unspecified atom stereocenters. The predicted molar refractivity (Wildman–Crippen MR) is 77.0 cm³/mol. The van der Waals surface area contributed by atoms with Crippen molar-refractivity contribution in [2.75, 3.05) is 4.72 Å². The van der Waals surface area contributed by atoms with Crippen LogP contribution in [0.15, 0.2) is 35.2 Å². The van der Waals surface area contributed by atoms with E-state index in [1.54, 1.807) is 0 Å². The molecule has 0 saturated carbocycles. The number of halogens is 2. The summed E-state index contributed by atoms with van der Waals surface area (Å²) in [6, 6.07) is 4.32. The van der Waals surface area contributed by atoms with Gasteiger partial charge in [-0.1, -0.05) is 0 Å². The van der Waals surface area contributed by atoms with E-state index < -0.39 is 49.5 Å². The topological polar surface area (TPSA) is 104 Å². The Labute approximate surface area is 130 Å². The van der Waals surface area contributed by atoms with Crippen molar-refractivity contribution in [3.63, 3.8) is 0 Å². The first-order valence-corrected chi connectivity index (χ1v) is 7.65. The van der Waals surface area contributed by atoms with Crippen LogP contribution in [0.2, 0.25) is 0 Å². The van der Waals surface area contributed by atoms with Crippen LogP contribution < -0.4 is 4.72 Å². The first-order valence-electron chi connectivity index (χ1n) is 6.16. The number of rotatable bonds is 4. The molecule has 0 aliphatic carbocycles. The minimum Gasteiger partial charge on any atom is -0.506 e. The number of phenols is 1. The van der Waals surface area contributed by atoms with Crippen molar-refractivity contribution in [1.29, 1.82) is 0 Å². The molecule has 0 fully saturated rings. The van der Waals surface area contributed by atoms with Crippen molar-refractivity contribution in [2.24, 2.45) is 0 Å². The molecule has 0 saturated heterocycles. The molecule has 0 amide bonds. The van der Waals surface area contributed by atoms with Crippen LogP contribution in [0.5, 0.6) is 5.75 Å². The molecule has 0 bridgehead atoms. The van der Waals surface area contributed by atoms with Gasteiger partial charge >= 0.3 is 5.97 Å². The van der Waals surface area contributed by atoms with Crippen molar-refractivity contribution in [1.82, 2.24) is 0 Å². The molecule has 0 aromatic heterocycles. The van der Waals surface area contributed by atoms with Gasteiger partial charge in [0.05, 0.1) is 5.69 Å². The normalized spacial score (nSPS) is 11.3. The lowest BCUT2D eigenvalue weighted by Crippen LogP contribution is -2.15. The molecule has 23 heavy (non-hydrogen) atoms. The molecule has 122 valence electrons. The Bertz CT molecular complexity index is 896. The smallest absolute Gasteiger partial charge is 0.339 e. The molecular formula is C14H11F2NO5S. The second kappa shape index (κ2) is 5.84. The Morgan fingerprint density at radius 2 is 1.83 bits per heavy atom. The summed E-state index contributed by atoms with van der Waals surface area (Å²) in [7, 11) is -4.48. The molecule has 0 aliphatic rings. The maximum atomic E-state index is 13.6. The number of hydrogen-bond acceptors (Lipinski definition) is 4. The second-order valence-corrected chi connectivity index (χ2v) is 6.34. The van der Waals surface area contributed by atoms with Gasteiger partial charge in [0, 0.05) is 6.07 Å². The van der Waals surface area contributed by atoms with Crippen LogP contribution in [-0.2, 0) is 10.0 Å². The minimum absolute atomic E-state index is 0.264. The van der Waals surface area contributed by atoms with Crippen LogP contribution >= 0.6 is 0 Å². The predicted octanol–water partition coefficient (Wildman–Crippen LogP) is 2.48. The standard InChI is InChI=1S/C14H11F2NO5S/c1-7-4-9(14(19)20)13(18)12(5-7)23(21,22)17-11-3-2-8(15)6-10(11)16/h2-6,17-18H,1H3,(H,19,20). The Morgan fingerprint density at radius 1 is 1.17 bits per heavy atom. The number of benzene rings is 2. The molecule has 0 radical (unpaired) electrons. The van der Waals surface area contributed by atoms with Gasteiger partial charge in [0.15, 0.2) is 5.75 Å². The van der Waals surface area contributed by atoms with Crippen LogP contribution in [-0.4, -0.2) is 24.6 Å². The van der Waals surface area contributed by atoms with Crippen LogP contribution in [0.1, 0.15) is 15.9 Å². The number of aromatic carboxylic acids is 1.